The van der Waals surface area contributed by atoms with Crippen molar-refractivity contribution < 1.29 is 49.1 Å². The molecule has 1 rings (SSSR count). The summed E-state index contributed by atoms with van der Waals surface area (Å²) in [6.07, 6.45) is -14.4. The minimum absolute atomic E-state index is 0.0298. The van der Waals surface area contributed by atoms with Crippen molar-refractivity contribution in [2.45, 2.75) is 97.6 Å². The van der Waals surface area contributed by atoms with Crippen LogP contribution in [-0.4, -0.2) is 36.8 Å². The van der Waals surface area contributed by atoms with Crippen molar-refractivity contribution >= 4 is 18.3 Å². The molecule has 0 spiro atoms. The molecule has 0 aliphatic rings. The lowest BCUT2D eigenvalue weighted by molar-refractivity contribution is -0.283. The first kappa shape index (κ1) is 38.5. The van der Waals surface area contributed by atoms with Crippen molar-refractivity contribution in [2.24, 2.45) is 10.9 Å². The third-order valence-electron chi connectivity index (χ3n) is 5.31. The van der Waals surface area contributed by atoms with Gasteiger partial charge in [0.15, 0.2) is 11.7 Å². The number of nitrogens with zero attached hydrogens (tertiary/aromatic N) is 1. The van der Waals surface area contributed by atoms with Gasteiger partial charge in [-0.1, -0.05) is 57.5 Å². The summed E-state index contributed by atoms with van der Waals surface area (Å²) in [4.78, 5) is 25.2. The van der Waals surface area contributed by atoms with E-state index in [9.17, 15) is 49.1 Å². The SMILES string of the molecule is C=N/C(CC)=C(/CCC)C(C)=O.CC(=O)CC(C(F)(F)F)C(F)(F)F.CC(CCC(F)(F)F)c1ccccc1. The molecule has 1 atom stereocenters. The van der Waals surface area contributed by atoms with Gasteiger partial charge >= 0.3 is 18.5 Å². The third kappa shape index (κ3) is 18.3. The fourth-order valence-electron chi connectivity index (χ4n) is 3.23. The predicted molar refractivity (Wildman–Crippen MR) is 133 cm³/mol. The Labute approximate surface area is 223 Å². The number of carbonyl (C=O) groups excluding carboxylic acids is 2. The molecule has 224 valence electrons. The topological polar surface area (TPSA) is 46.5 Å². The zero-order valence-electron chi connectivity index (χ0n) is 22.7. The molecule has 0 saturated carbocycles. The lowest BCUT2D eigenvalue weighted by atomic mass is 9.96. The molecule has 39 heavy (non-hydrogen) atoms. The highest BCUT2D eigenvalue weighted by Crippen LogP contribution is 2.41. The largest absolute Gasteiger partial charge is 0.400 e. The number of ketones is 2. The Balaban J connectivity index is 0. The number of benzene rings is 1. The molecule has 0 heterocycles. The minimum atomic E-state index is -5.41. The van der Waals surface area contributed by atoms with Gasteiger partial charge in [-0.3, -0.25) is 9.79 Å². The Hall–Kier alpha value is -2.66. The molecule has 0 bridgehead atoms. The first-order valence-corrected chi connectivity index (χ1v) is 12.1. The zero-order valence-corrected chi connectivity index (χ0v) is 22.7. The number of alkyl halides is 9. The third-order valence-corrected chi connectivity index (χ3v) is 5.31. The predicted octanol–water partition coefficient (Wildman–Crippen LogP) is 9.58. The maximum atomic E-state index is 11.9. The summed E-state index contributed by atoms with van der Waals surface area (Å²) < 4.78 is 106. The first-order chi connectivity index (χ1) is 17.7. The van der Waals surface area contributed by atoms with E-state index in [-0.39, 0.29) is 18.1 Å². The Morgan fingerprint density at radius 1 is 0.897 bits per heavy atom. The number of hydrogen-bond acceptors (Lipinski definition) is 3. The van der Waals surface area contributed by atoms with Gasteiger partial charge in [0.05, 0.1) is 0 Å². The number of Topliss-reactive ketones (excluding diaryl/α,β-unsaturated/α-hetero) is 2. The highest BCUT2D eigenvalue weighted by Gasteiger charge is 2.56. The number of rotatable bonds is 10. The van der Waals surface area contributed by atoms with Gasteiger partial charge in [-0.25, -0.2) is 0 Å². The second-order valence-electron chi connectivity index (χ2n) is 8.75. The van der Waals surface area contributed by atoms with Gasteiger partial charge in [0.25, 0.3) is 0 Å². The molecule has 0 aliphatic carbocycles. The van der Waals surface area contributed by atoms with Crippen molar-refractivity contribution in [2.75, 3.05) is 0 Å². The van der Waals surface area contributed by atoms with E-state index < -0.39 is 43.1 Å². The van der Waals surface area contributed by atoms with Crippen molar-refractivity contribution in [1.29, 1.82) is 0 Å². The van der Waals surface area contributed by atoms with Gasteiger partial charge < -0.3 is 4.79 Å². The Morgan fingerprint density at radius 2 is 1.38 bits per heavy atom. The van der Waals surface area contributed by atoms with Crippen LogP contribution in [-0.2, 0) is 9.59 Å². The van der Waals surface area contributed by atoms with E-state index in [2.05, 4.69) is 18.6 Å². The quantitative estimate of drug-likeness (QED) is 0.158. The maximum Gasteiger partial charge on any atom is 0.400 e. The summed E-state index contributed by atoms with van der Waals surface area (Å²) in [5.41, 5.74) is 2.66. The normalized spacial score (nSPS) is 13.3. The first-order valence-electron chi connectivity index (χ1n) is 12.1. The van der Waals surface area contributed by atoms with Crippen LogP contribution in [0.3, 0.4) is 0 Å². The number of allylic oxidation sites excluding steroid dienone is 2. The molecule has 12 heteroatoms. The maximum absolute atomic E-state index is 11.9. The summed E-state index contributed by atoms with van der Waals surface area (Å²) in [5, 5.41) is 0. The average molecular weight is 578 g/mol. The van der Waals surface area contributed by atoms with Crippen LogP contribution in [0.25, 0.3) is 0 Å². The minimum Gasteiger partial charge on any atom is -0.300 e. The number of aliphatic imine (C=N–C) groups is 1. The molecule has 0 N–H and O–H groups in total. The van der Waals surface area contributed by atoms with Gasteiger partial charge in [0.2, 0.25) is 0 Å². The molecule has 3 nitrogen and oxygen atoms in total. The summed E-state index contributed by atoms with van der Waals surface area (Å²) in [6.45, 7) is 11.6. The fraction of sp³-hybridized carbons (Fsp3) is 0.593. The zero-order chi connectivity index (χ0) is 31.0. The van der Waals surface area contributed by atoms with E-state index in [0.717, 1.165) is 36.1 Å². The van der Waals surface area contributed by atoms with E-state index >= 15 is 0 Å². The average Bonchev–Trinajstić information content (AvgIpc) is 2.80. The van der Waals surface area contributed by atoms with E-state index in [4.69, 9.17) is 0 Å². The lowest BCUT2D eigenvalue weighted by Gasteiger charge is -2.21. The van der Waals surface area contributed by atoms with Gasteiger partial charge in [0.1, 0.15) is 5.78 Å². The van der Waals surface area contributed by atoms with Crippen molar-refractivity contribution in [3.8, 4) is 0 Å². The van der Waals surface area contributed by atoms with E-state index in [1.165, 1.54) is 0 Å². The van der Waals surface area contributed by atoms with Crippen LogP contribution >= 0.6 is 0 Å². The van der Waals surface area contributed by atoms with Crippen molar-refractivity contribution in [1.82, 2.24) is 0 Å². The number of halogens is 9. The van der Waals surface area contributed by atoms with Crippen molar-refractivity contribution in [3.63, 3.8) is 0 Å². The molecule has 1 aromatic carbocycles. The Kier molecular flexibility index (Phi) is 17.6. The van der Waals surface area contributed by atoms with E-state index in [0.29, 0.717) is 6.92 Å². The van der Waals surface area contributed by atoms with Gasteiger partial charge in [-0.05, 0) is 51.3 Å². The Morgan fingerprint density at radius 3 is 1.67 bits per heavy atom. The lowest BCUT2D eigenvalue weighted by Crippen LogP contribution is -2.37. The molecular weight excluding hydrogens is 541 g/mol. The monoisotopic (exact) mass is 577 g/mol. The molecule has 0 saturated heterocycles. The second kappa shape index (κ2) is 17.8. The molecule has 0 aliphatic heterocycles. The summed E-state index contributed by atoms with van der Waals surface area (Å²) in [5.74, 6) is -4.59. The van der Waals surface area contributed by atoms with Gasteiger partial charge in [-0.15, -0.1) is 0 Å². The molecule has 0 radical (unpaired) electrons. The fourth-order valence-corrected chi connectivity index (χ4v) is 3.23. The highest BCUT2D eigenvalue weighted by atomic mass is 19.4. The van der Waals surface area contributed by atoms with Crippen LogP contribution in [0.5, 0.6) is 0 Å². The number of hydrogen-bond donors (Lipinski definition) is 0. The summed E-state index contributed by atoms with van der Waals surface area (Å²) in [7, 11) is 0. The van der Waals surface area contributed by atoms with Crippen LogP contribution in [0, 0.1) is 5.92 Å². The molecule has 0 aromatic heterocycles. The highest BCUT2D eigenvalue weighted by molar-refractivity contribution is 5.94. The molecule has 0 fully saturated rings. The van der Waals surface area contributed by atoms with Crippen molar-refractivity contribution in [3.05, 3.63) is 47.2 Å². The molecule has 1 unspecified atom stereocenters. The van der Waals surface area contributed by atoms with Crippen LogP contribution < -0.4 is 0 Å². The number of carbonyl (C=O) groups is 2. The van der Waals surface area contributed by atoms with E-state index in [1.807, 2.05) is 44.2 Å². The van der Waals surface area contributed by atoms with Gasteiger partial charge in [0, 0.05) is 24.1 Å². The van der Waals surface area contributed by atoms with Crippen LogP contribution in [0.15, 0.2) is 46.6 Å². The van der Waals surface area contributed by atoms with Crippen LogP contribution in [0.2, 0.25) is 0 Å². The van der Waals surface area contributed by atoms with Gasteiger partial charge in [-0.2, -0.15) is 39.5 Å². The Bertz CT molecular complexity index is 889. The summed E-state index contributed by atoms with van der Waals surface area (Å²) in [6, 6.07) is 9.28. The van der Waals surface area contributed by atoms with Crippen LogP contribution in [0.1, 0.15) is 84.6 Å². The molecule has 1 aromatic rings. The standard InChI is InChI=1S/C11H13F3.C10H17NO.C6H6F6O/c1-9(7-8-11(12,13)14)10-5-3-2-4-6-10;1-5-7-9(8(3)12)10(6-2)11-4;1-3(13)2-4(5(7,8)9)6(10,11)12/h2-6,9H,7-8H2,1H3;4-7H2,1-3H3;4H,2H2,1H3/b;10-9-;. The molecular formula is C27H36F9NO2. The summed E-state index contributed by atoms with van der Waals surface area (Å²) >= 11 is 0. The second-order valence-corrected chi connectivity index (χ2v) is 8.75. The molecule has 0 amide bonds. The van der Waals surface area contributed by atoms with E-state index in [1.54, 1.807) is 6.92 Å². The van der Waals surface area contributed by atoms with Crippen LogP contribution in [0.4, 0.5) is 39.5 Å². The smallest absolute Gasteiger partial charge is 0.300 e.